The van der Waals surface area contributed by atoms with E-state index in [1.165, 1.54) is 0 Å². The first-order chi connectivity index (χ1) is 35.9. The summed E-state index contributed by atoms with van der Waals surface area (Å²) in [5, 5.41) is 27.5. The van der Waals surface area contributed by atoms with E-state index in [4.69, 9.17) is 39.2 Å². The number of ketones is 1. The third-order valence-electron chi connectivity index (χ3n) is 13.5. The molecule has 13 nitrogen and oxygen atoms in total. The van der Waals surface area contributed by atoms with Crippen LogP contribution in [0.2, 0.25) is 5.02 Å². The molecule has 14 heteroatoms. The molecule has 392 valence electrons. The summed E-state index contributed by atoms with van der Waals surface area (Å²) in [7, 11) is 0. The molecule has 9 rings (SSSR count). The van der Waals surface area contributed by atoms with Crippen LogP contribution in [-0.2, 0) is 51.5 Å². The normalized spacial score (nSPS) is 14.3. The number of aromatic nitrogens is 4. The molecule has 0 spiro atoms. The summed E-state index contributed by atoms with van der Waals surface area (Å²) in [6.07, 6.45) is 9.59. The lowest BCUT2D eigenvalue weighted by molar-refractivity contribution is -0.137. The summed E-state index contributed by atoms with van der Waals surface area (Å²) in [5.74, 6) is 3.08. The number of rotatable bonds is 28. The second-order valence-corrected chi connectivity index (χ2v) is 21.5. The quantitative estimate of drug-likeness (QED) is 0.0459. The van der Waals surface area contributed by atoms with E-state index in [0.29, 0.717) is 97.4 Å². The van der Waals surface area contributed by atoms with Crippen molar-refractivity contribution in [3.63, 3.8) is 0 Å². The maximum Gasteiger partial charge on any atom is 0.304 e. The summed E-state index contributed by atoms with van der Waals surface area (Å²) in [5.41, 5.74) is 9.70. The van der Waals surface area contributed by atoms with Crippen LogP contribution in [0.5, 0.6) is 0 Å². The zero-order chi connectivity index (χ0) is 52.0. The number of carboxylic acid groups (broad SMARTS) is 1. The zero-order valence-electron chi connectivity index (χ0n) is 43.5. The van der Waals surface area contributed by atoms with Gasteiger partial charge in [-0.15, -0.1) is 0 Å². The molecule has 0 saturated heterocycles. The highest BCUT2D eigenvalue weighted by molar-refractivity contribution is 6.31. The Labute approximate surface area is 439 Å². The van der Waals surface area contributed by atoms with Crippen molar-refractivity contribution in [1.82, 2.24) is 20.6 Å². The van der Waals surface area contributed by atoms with Crippen molar-refractivity contribution in [2.24, 2.45) is 11.8 Å². The number of carboxylic acids is 1. The Bertz CT molecular complexity index is 2860. The molecule has 2 fully saturated rings. The summed E-state index contributed by atoms with van der Waals surface area (Å²) < 4.78 is 34.7. The molecule has 0 amide bonds. The average Bonchev–Trinajstić information content (AvgIpc) is 4.18. The van der Waals surface area contributed by atoms with Crippen LogP contribution in [0.4, 0.5) is 0 Å². The van der Waals surface area contributed by atoms with Gasteiger partial charge in [-0.05, 0) is 123 Å². The van der Waals surface area contributed by atoms with E-state index >= 15 is 0 Å². The molecule has 3 aromatic carbocycles. The van der Waals surface area contributed by atoms with Gasteiger partial charge in [0.2, 0.25) is 23.0 Å². The smallest absolute Gasteiger partial charge is 0.304 e. The number of aliphatic carboxylic acids is 1. The third-order valence-corrected chi connectivity index (χ3v) is 13.8. The number of ether oxygens (including phenoxy) is 2. The van der Waals surface area contributed by atoms with Gasteiger partial charge in [-0.1, -0.05) is 133 Å². The fraction of sp³-hybridized carbons (Fsp3) is 0.467. The Morgan fingerprint density at radius 1 is 0.635 bits per heavy atom. The Kier molecular flexibility index (Phi) is 19.3. The molecule has 2 saturated carbocycles. The maximum atomic E-state index is 13.4. The van der Waals surface area contributed by atoms with Crippen molar-refractivity contribution in [3.8, 4) is 23.0 Å². The molecule has 4 heterocycles. The van der Waals surface area contributed by atoms with Crippen LogP contribution in [0.25, 0.3) is 23.0 Å². The molecule has 74 heavy (non-hydrogen) atoms. The largest absolute Gasteiger partial charge is 0.481 e. The average molecular weight is 1030 g/mol. The van der Waals surface area contributed by atoms with E-state index < -0.39 is 5.97 Å². The van der Waals surface area contributed by atoms with Gasteiger partial charge in [-0.3, -0.25) is 9.59 Å². The first-order valence-electron chi connectivity index (χ1n) is 26.5. The monoisotopic (exact) mass is 1030 g/mol. The fourth-order valence-electron chi connectivity index (χ4n) is 9.59. The highest BCUT2D eigenvalue weighted by Crippen LogP contribution is 2.50. The number of hydrogen-bond donors (Lipinski definition) is 1. The van der Waals surface area contributed by atoms with Crippen molar-refractivity contribution >= 4 is 23.4 Å². The highest BCUT2D eigenvalue weighted by Gasteiger charge is 2.39. The second kappa shape index (κ2) is 26.4. The summed E-state index contributed by atoms with van der Waals surface area (Å²) in [6, 6.07) is 29.9. The minimum atomic E-state index is -0.838. The Morgan fingerprint density at radius 2 is 1.11 bits per heavy atom. The number of halogens is 1. The van der Waals surface area contributed by atoms with Gasteiger partial charge in [0, 0.05) is 66.2 Å². The molecular formula is C60H71ClN4O9. The van der Waals surface area contributed by atoms with E-state index in [0.717, 1.165) is 114 Å². The number of aryl methyl sites for hydroxylation is 1. The van der Waals surface area contributed by atoms with Crippen LogP contribution in [0.3, 0.4) is 0 Å². The van der Waals surface area contributed by atoms with Crippen molar-refractivity contribution < 1.29 is 42.3 Å². The van der Waals surface area contributed by atoms with Crippen LogP contribution >= 0.6 is 11.6 Å². The van der Waals surface area contributed by atoms with Gasteiger partial charge >= 0.3 is 5.97 Å². The second-order valence-electron chi connectivity index (χ2n) is 21.1. The number of carbonyl (C=O) groups excluding carboxylic acids is 1. The molecule has 0 aliphatic heterocycles. The van der Waals surface area contributed by atoms with Crippen molar-refractivity contribution in [3.05, 3.63) is 152 Å². The van der Waals surface area contributed by atoms with Crippen molar-refractivity contribution in [2.45, 2.75) is 155 Å². The molecule has 1 N–H and O–H groups in total. The van der Waals surface area contributed by atoms with Gasteiger partial charge < -0.3 is 32.7 Å². The fourth-order valence-corrected chi connectivity index (χ4v) is 9.89. The van der Waals surface area contributed by atoms with E-state index in [2.05, 4.69) is 60.5 Å². The predicted molar refractivity (Wildman–Crippen MR) is 283 cm³/mol. The first kappa shape index (κ1) is 54.1. The van der Waals surface area contributed by atoms with Gasteiger partial charge in [0.05, 0.1) is 42.4 Å². The van der Waals surface area contributed by atoms with Gasteiger partial charge in [0.15, 0.2) is 0 Å². The van der Waals surface area contributed by atoms with Gasteiger partial charge in [-0.2, -0.15) is 0 Å². The van der Waals surface area contributed by atoms with Crippen molar-refractivity contribution in [2.75, 3.05) is 13.2 Å². The highest BCUT2D eigenvalue weighted by atomic mass is 35.5. The van der Waals surface area contributed by atoms with Crippen LogP contribution < -0.4 is 0 Å². The standard InChI is InChI=1S/C34H39ClN2O4.C26H32N2O5/c1-22(2)16-28-20-31(40-36-28)34-32(25-13-14-25)33(37-41-34)27(10-7-15-39-21-24-8-5-4-6-9-24)19-29(38)18-26-12-11-23(3)17-30(26)35;1-17(2)13-21-15-22(32-27-21)26-24(19-10-11-19)25(28-33-26)20(14-23(29)30)9-6-12-31-16-18-7-4-3-5-8-18/h4-6,8-9,11-12,17,20,22,25,27H,7,10,13-16,18-19,21H2,1-3H3;3-5,7-8,15,17,19-20H,6,9-14,16H2,1-2H3,(H,29,30)/t27-;20-/m00/s1. The van der Waals surface area contributed by atoms with E-state index in [9.17, 15) is 14.7 Å². The third kappa shape index (κ3) is 15.7. The number of benzene rings is 3. The number of Topliss-reactive ketones (excluding diaryl/α,β-unsaturated/α-hetero) is 1. The van der Waals surface area contributed by atoms with Crippen LogP contribution in [0.15, 0.2) is 109 Å². The molecule has 4 aromatic heterocycles. The molecule has 2 aliphatic carbocycles. The Hall–Kier alpha value is -6.15. The lowest BCUT2D eigenvalue weighted by Gasteiger charge is -2.16. The lowest BCUT2D eigenvalue weighted by atomic mass is 9.88. The van der Waals surface area contributed by atoms with Crippen LogP contribution in [0.1, 0.15) is 172 Å². The van der Waals surface area contributed by atoms with Gasteiger partial charge in [0.1, 0.15) is 5.78 Å². The summed E-state index contributed by atoms with van der Waals surface area (Å²) >= 11 is 6.46. The molecular weight excluding hydrogens is 956 g/mol. The number of hydrogen-bond acceptors (Lipinski definition) is 12. The Morgan fingerprint density at radius 3 is 1.54 bits per heavy atom. The minimum Gasteiger partial charge on any atom is -0.481 e. The SMILES string of the molecule is CC(C)Cc1cc(-c2onc([C@@H](CCCOCc3ccccc3)CC(=O)O)c2C2CC2)on1.Cc1ccc(CC(=O)C[C@H](CCCOCc2ccccc2)c2noc(-c3cc(CC(C)C)no3)c2C2CC2)c(Cl)c1. The van der Waals surface area contributed by atoms with Gasteiger partial charge in [0.25, 0.3) is 0 Å². The molecule has 7 aromatic rings. The maximum absolute atomic E-state index is 13.4. The van der Waals surface area contributed by atoms with E-state index in [1.807, 2.05) is 85.8 Å². The summed E-state index contributed by atoms with van der Waals surface area (Å²) in [6.45, 7) is 12.9. The lowest BCUT2D eigenvalue weighted by Crippen LogP contribution is -2.13. The first-order valence-corrected chi connectivity index (χ1v) is 26.9. The Balaban J connectivity index is 0.000000202. The molecule has 0 unspecified atom stereocenters. The van der Waals surface area contributed by atoms with E-state index in [1.54, 1.807) is 0 Å². The number of carbonyl (C=O) groups is 2. The van der Waals surface area contributed by atoms with Crippen LogP contribution in [0, 0.1) is 18.8 Å². The topological polar surface area (TPSA) is 177 Å². The van der Waals surface area contributed by atoms with Crippen molar-refractivity contribution in [1.29, 1.82) is 0 Å². The molecule has 2 atom stereocenters. The van der Waals surface area contributed by atoms with E-state index in [-0.39, 0.29) is 24.0 Å². The number of nitrogens with zero attached hydrogens (tertiary/aromatic N) is 4. The van der Waals surface area contributed by atoms with Crippen LogP contribution in [-0.4, -0.2) is 50.7 Å². The van der Waals surface area contributed by atoms with Gasteiger partial charge in [-0.25, -0.2) is 0 Å². The predicted octanol–water partition coefficient (Wildman–Crippen LogP) is 14.6. The summed E-state index contributed by atoms with van der Waals surface area (Å²) in [4.78, 5) is 25.0. The zero-order valence-corrected chi connectivity index (χ0v) is 44.3. The minimum absolute atomic E-state index is 0.0133. The molecule has 2 aliphatic rings. The molecule has 0 radical (unpaired) electrons. The molecule has 0 bridgehead atoms.